The Bertz CT molecular complexity index is 1180. The van der Waals surface area contributed by atoms with Gasteiger partial charge in [-0.3, -0.25) is 9.59 Å². The van der Waals surface area contributed by atoms with Crippen molar-refractivity contribution in [1.29, 1.82) is 0 Å². The molecule has 0 radical (unpaired) electrons. The van der Waals surface area contributed by atoms with Crippen LogP contribution in [0.4, 0.5) is 5.69 Å². The minimum atomic E-state index is -0.401. The Labute approximate surface area is 147 Å². The zero-order valence-corrected chi connectivity index (χ0v) is 13.8. The molecule has 0 fully saturated rings. The second-order valence-corrected chi connectivity index (χ2v) is 5.84. The molecule has 2 heterocycles. The summed E-state index contributed by atoms with van der Waals surface area (Å²) in [6, 6.07) is 14.2. The van der Waals surface area contributed by atoms with E-state index in [0.717, 1.165) is 0 Å². The molecule has 2 N–H and O–H groups in total. The molecule has 1 aliphatic rings. The molecule has 0 aliphatic carbocycles. The predicted molar refractivity (Wildman–Crippen MR) is 100 cm³/mol. The van der Waals surface area contributed by atoms with Crippen LogP contribution < -0.4 is 10.9 Å². The Kier molecular flexibility index (Phi) is 3.62. The van der Waals surface area contributed by atoms with Gasteiger partial charge < -0.3 is 15.0 Å². The maximum Gasteiger partial charge on any atom is 0.276 e. The van der Waals surface area contributed by atoms with Crippen molar-refractivity contribution in [3.63, 3.8) is 0 Å². The monoisotopic (exact) mass is 346 g/mol. The minimum absolute atomic E-state index is 0.0160. The van der Waals surface area contributed by atoms with Crippen LogP contribution in [-0.2, 0) is 11.8 Å². The summed E-state index contributed by atoms with van der Waals surface area (Å²) in [5.74, 6) is -0.525. The van der Waals surface area contributed by atoms with Crippen molar-refractivity contribution in [1.82, 2.24) is 4.57 Å². The number of aromatic nitrogens is 1. The number of nitrogens with zero attached hydrogens (tertiary/aromatic N) is 3. The minimum Gasteiger partial charge on any atom is -0.506 e. The summed E-state index contributed by atoms with van der Waals surface area (Å²) in [6.07, 6.45) is 1.17. The largest absolute Gasteiger partial charge is 0.506 e. The lowest BCUT2D eigenvalue weighted by Crippen LogP contribution is -2.21. The van der Waals surface area contributed by atoms with Crippen LogP contribution >= 0.6 is 0 Å². The number of carbonyl (C=O) groups is 1. The van der Waals surface area contributed by atoms with Crippen LogP contribution in [0.15, 0.2) is 63.5 Å². The molecular weight excluding hydrogens is 332 g/mol. The highest BCUT2D eigenvalue weighted by Gasteiger charge is 2.25. The number of benzene rings is 2. The van der Waals surface area contributed by atoms with Crippen LogP contribution in [0.3, 0.4) is 0 Å². The zero-order chi connectivity index (χ0) is 18.3. The maximum absolute atomic E-state index is 12.5. The number of aryl methyl sites for hydroxylation is 1. The molecule has 0 spiro atoms. The number of anilines is 1. The van der Waals surface area contributed by atoms with E-state index < -0.39 is 5.56 Å². The van der Waals surface area contributed by atoms with Crippen LogP contribution in [0.5, 0.6) is 5.75 Å². The Morgan fingerprint density at radius 1 is 1.08 bits per heavy atom. The molecule has 7 nitrogen and oxygen atoms in total. The number of para-hydroxylation sites is 2. The molecular formula is C19H14N4O3. The van der Waals surface area contributed by atoms with E-state index in [0.29, 0.717) is 22.2 Å². The number of hydrogen-bond donors (Lipinski definition) is 2. The Morgan fingerprint density at radius 3 is 2.65 bits per heavy atom. The third kappa shape index (κ3) is 2.37. The molecule has 0 saturated carbocycles. The normalized spacial score (nSPS) is 15.0. The number of rotatable bonds is 2. The standard InChI is InChI=1S/C19H14N4O3/c1-23-15-9-5-3-7-12(15)17(24)13(19(23)26)10-20-22-16-11-6-2-4-8-14(11)21-18(16)25/h2-10,24H,1H3,(H,21,22,25)/b20-10-. The van der Waals surface area contributed by atoms with E-state index in [9.17, 15) is 14.7 Å². The number of hydrogen-bond acceptors (Lipinski definition) is 5. The molecule has 2 aromatic carbocycles. The average Bonchev–Trinajstić information content (AvgIpc) is 2.98. The quantitative estimate of drug-likeness (QED) is 0.549. The highest BCUT2D eigenvalue weighted by atomic mass is 16.3. The highest BCUT2D eigenvalue weighted by molar-refractivity contribution is 6.53. The first-order chi connectivity index (χ1) is 12.6. The Hall–Kier alpha value is -3.74. The van der Waals surface area contributed by atoms with Gasteiger partial charge in [0.15, 0.2) is 5.71 Å². The number of pyridine rings is 1. The van der Waals surface area contributed by atoms with Gasteiger partial charge in [0, 0.05) is 18.0 Å². The fourth-order valence-corrected chi connectivity index (χ4v) is 2.97. The van der Waals surface area contributed by atoms with Gasteiger partial charge in [0.2, 0.25) is 0 Å². The smallest absolute Gasteiger partial charge is 0.276 e. The van der Waals surface area contributed by atoms with E-state index >= 15 is 0 Å². The van der Waals surface area contributed by atoms with Crippen LogP contribution in [0.2, 0.25) is 0 Å². The van der Waals surface area contributed by atoms with Crippen LogP contribution in [0, 0.1) is 0 Å². The van der Waals surface area contributed by atoms with E-state index in [4.69, 9.17) is 0 Å². The van der Waals surface area contributed by atoms with E-state index in [1.807, 2.05) is 6.07 Å². The lowest BCUT2D eigenvalue weighted by atomic mass is 10.1. The molecule has 26 heavy (non-hydrogen) atoms. The zero-order valence-electron chi connectivity index (χ0n) is 13.8. The lowest BCUT2D eigenvalue weighted by molar-refractivity contribution is -0.110. The molecule has 0 unspecified atom stereocenters. The second-order valence-electron chi connectivity index (χ2n) is 5.84. The molecule has 3 aromatic rings. The third-order valence-electron chi connectivity index (χ3n) is 4.30. The number of nitrogens with one attached hydrogen (secondary N) is 1. The first-order valence-electron chi connectivity index (χ1n) is 7.90. The molecule has 1 aromatic heterocycles. The molecule has 0 bridgehead atoms. The molecule has 7 heteroatoms. The summed E-state index contributed by atoms with van der Waals surface area (Å²) in [5, 5.41) is 21.5. The third-order valence-corrected chi connectivity index (χ3v) is 4.30. The van der Waals surface area contributed by atoms with Crippen LogP contribution in [-0.4, -0.2) is 27.5 Å². The maximum atomic E-state index is 12.5. The van der Waals surface area contributed by atoms with Crippen LogP contribution in [0.1, 0.15) is 11.1 Å². The van der Waals surface area contributed by atoms with Gasteiger partial charge in [-0.05, 0) is 18.2 Å². The summed E-state index contributed by atoms with van der Waals surface area (Å²) < 4.78 is 1.43. The molecule has 128 valence electrons. The number of aromatic hydroxyl groups is 1. The van der Waals surface area contributed by atoms with Crippen LogP contribution in [0.25, 0.3) is 10.9 Å². The van der Waals surface area contributed by atoms with E-state index in [2.05, 4.69) is 15.5 Å². The molecule has 0 atom stereocenters. The first kappa shape index (κ1) is 15.8. The fourth-order valence-electron chi connectivity index (χ4n) is 2.97. The summed E-state index contributed by atoms with van der Waals surface area (Å²) in [5.41, 5.74) is 1.70. The fraction of sp³-hybridized carbons (Fsp3) is 0.0526. The van der Waals surface area contributed by atoms with Crippen molar-refractivity contribution in [2.75, 3.05) is 5.32 Å². The van der Waals surface area contributed by atoms with Gasteiger partial charge in [0.1, 0.15) is 11.3 Å². The van der Waals surface area contributed by atoms with E-state index in [1.165, 1.54) is 10.8 Å². The molecule has 4 rings (SSSR count). The molecule has 0 saturated heterocycles. The highest BCUT2D eigenvalue weighted by Crippen LogP contribution is 2.25. The number of fused-ring (bicyclic) bond motifs is 2. The lowest BCUT2D eigenvalue weighted by Gasteiger charge is -2.08. The number of amides is 1. The Balaban J connectivity index is 1.79. The summed E-state index contributed by atoms with van der Waals surface area (Å²) in [7, 11) is 1.62. The summed E-state index contributed by atoms with van der Waals surface area (Å²) >= 11 is 0. The van der Waals surface area contributed by atoms with Gasteiger partial charge >= 0.3 is 0 Å². The predicted octanol–water partition coefficient (Wildman–Crippen LogP) is 2.02. The molecule has 1 amide bonds. The average molecular weight is 346 g/mol. The van der Waals surface area contributed by atoms with Crippen molar-refractivity contribution in [3.8, 4) is 5.75 Å². The van der Waals surface area contributed by atoms with Crippen molar-refractivity contribution in [2.24, 2.45) is 17.3 Å². The van der Waals surface area contributed by atoms with E-state index in [-0.39, 0.29) is 22.9 Å². The van der Waals surface area contributed by atoms with Crippen molar-refractivity contribution >= 4 is 34.4 Å². The topological polar surface area (TPSA) is 96.0 Å². The SMILES string of the molecule is Cn1c(=O)c(/C=N\N=C2\C(=O)Nc3ccccc32)c(O)c2ccccc21. The van der Waals surface area contributed by atoms with Gasteiger partial charge in [-0.1, -0.05) is 30.3 Å². The summed E-state index contributed by atoms with van der Waals surface area (Å²) in [4.78, 5) is 24.5. The van der Waals surface area contributed by atoms with Crippen molar-refractivity contribution < 1.29 is 9.90 Å². The molecule has 1 aliphatic heterocycles. The second kappa shape index (κ2) is 5.96. The summed E-state index contributed by atoms with van der Waals surface area (Å²) in [6.45, 7) is 0. The Morgan fingerprint density at radius 2 is 1.81 bits per heavy atom. The van der Waals surface area contributed by atoms with Gasteiger partial charge in [0.25, 0.3) is 11.5 Å². The van der Waals surface area contributed by atoms with Gasteiger partial charge in [0.05, 0.1) is 17.4 Å². The number of carbonyl (C=O) groups excluding carboxylic acids is 1. The van der Waals surface area contributed by atoms with Gasteiger partial charge in [-0.25, -0.2) is 0 Å². The van der Waals surface area contributed by atoms with Crippen molar-refractivity contribution in [3.05, 3.63) is 70.0 Å². The van der Waals surface area contributed by atoms with Gasteiger partial charge in [-0.2, -0.15) is 5.10 Å². The van der Waals surface area contributed by atoms with E-state index in [1.54, 1.807) is 49.5 Å². The van der Waals surface area contributed by atoms with Gasteiger partial charge in [-0.15, -0.1) is 5.10 Å². The van der Waals surface area contributed by atoms with Crippen molar-refractivity contribution in [2.45, 2.75) is 0 Å². The first-order valence-corrected chi connectivity index (χ1v) is 7.90.